The van der Waals surface area contributed by atoms with Crippen molar-refractivity contribution >= 4 is 16.3 Å². The number of hydrogen-bond acceptors (Lipinski definition) is 4. The first kappa shape index (κ1) is 11.1. The van der Waals surface area contributed by atoms with Crippen molar-refractivity contribution in [1.82, 2.24) is 0 Å². The molecule has 5 nitrogen and oxygen atoms in total. The summed E-state index contributed by atoms with van der Waals surface area (Å²) in [5.74, 6) is 0.407. The summed E-state index contributed by atoms with van der Waals surface area (Å²) in [4.78, 5) is 10.7. The summed E-state index contributed by atoms with van der Waals surface area (Å²) in [6, 6.07) is 4.02. The molecule has 2 N–H and O–H groups in total. The van der Waals surface area contributed by atoms with Crippen molar-refractivity contribution in [2.24, 2.45) is 5.14 Å². The van der Waals surface area contributed by atoms with Crippen LogP contribution >= 0.6 is 0 Å². The van der Waals surface area contributed by atoms with Gasteiger partial charge in [-0.15, -0.1) is 0 Å². The predicted octanol–water partition coefficient (Wildman–Crippen LogP) is 0.688. The minimum Gasteiger partial charge on any atom is -0.490 e. The summed E-state index contributed by atoms with van der Waals surface area (Å²) in [6.07, 6.45) is 2.65. The molecule has 1 aromatic rings. The van der Waals surface area contributed by atoms with Crippen LogP contribution in [-0.4, -0.2) is 20.8 Å². The maximum Gasteiger partial charge on any atom is 0.238 e. The van der Waals surface area contributed by atoms with Crippen molar-refractivity contribution in [3.8, 4) is 5.75 Å². The first-order valence-electron chi connectivity index (χ1n) is 4.79. The van der Waals surface area contributed by atoms with Gasteiger partial charge in [-0.05, 0) is 31.0 Å². The van der Waals surface area contributed by atoms with Crippen molar-refractivity contribution in [3.05, 3.63) is 23.8 Å². The fourth-order valence-corrected chi connectivity index (χ4v) is 1.82. The summed E-state index contributed by atoms with van der Waals surface area (Å²) in [5, 5.41) is 4.96. The number of carbonyl (C=O) groups is 1. The van der Waals surface area contributed by atoms with E-state index >= 15 is 0 Å². The number of aldehydes is 1. The van der Waals surface area contributed by atoms with Crippen LogP contribution in [0.5, 0.6) is 5.75 Å². The molecule has 16 heavy (non-hydrogen) atoms. The van der Waals surface area contributed by atoms with Gasteiger partial charge in [-0.2, -0.15) is 0 Å². The molecule has 2 rings (SSSR count). The summed E-state index contributed by atoms with van der Waals surface area (Å²) in [5.41, 5.74) is 0.207. The highest BCUT2D eigenvalue weighted by Gasteiger charge is 2.24. The maximum absolute atomic E-state index is 11.1. The van der Waals surface area contributed by atoms with Gasteiger partial charge < -0.3 is 4.74 Å². The second-order valence-electron chi connectivity index (χ2n) is 3.68. The second-order valence-corrected chi connectivity index (χ2v) is 5.24. The molecular formula is C10H11NO4S. The van der Waals surface area contributed by atoms with Crippen LogP contribution in [0.1, 0.15) is 23.2 Å². The largest absolute Gasteiger partial charge is 0.490 e. The Morgan fingerprint density at radius 1 is 1.38 bits per heavy atom. The third-order valence-electron chi connectivity index (χ3n) is 2.25. The van der Waals surface area contributed by atoms with E-state index in [4.69, 9.17) is 9.88 Å². The van der Waals surface area contributed by atoms with Crippen LogP contribution in [0.2, 0.25) is 0 Å². The molecule has 0 radical (unpaired) electrons. The van der Waals surface area contributed by atoms with E-state index in [1.165, 1.54) is 18.2 Å². The van der Waals surface area contributed by atoms with Gasteiger partial charge in [0.25, 0.3) is 0 Å². The molecule has 0 heterocycles. The Kier molecular flexibility index (Phi) is 2.69. The second kappa shape index (κ2) is 3.88. The number of ether oxygens (including phenoxy) is 1. The SMILES string of the molecule is NS(=O)(=O)c1ccc(OC2CC2)c(C=O)c1. The zero-order valence-electron chi connectivity index (χ0n) is 8.42. The van der Waals surface area contributed by atoms with Crippen molar-refractivity contribution < 1.29 is 17.9 Å². The van der Waals surface area contributed by atoms with E-state index < -0.39 is 10.0 Å². The maximum atomic E-state index is 11.1. The van der Waals surface area contributed by atoms with Crippen LogP contribution in [0.3, 0.4) is 0 Å². The summed E-state index contributed by atoms with van der Waals surface area (Å²) in [6.45, 7) is 0. The average molecular weight is 241 g/mol. The standard InChI is InChI=1S/C10H11NO4S/c11-16(13,14)9-3-4-10(7(5-9)6-12)15-8-1-2-8/h3-6,8H,1-2H2,(H2,11,13,14). The van der Waals surface area contributed by atoms with Crippen molar-refractivity contribution in [3.63, 3.8) is 0 Å². The molecule has 1 aromatic carbocycles. The Balaban J connectivity index is 2.37. The lowest BCUT2D eigenvalue weighted by molar-refractivity contribution is 0.111. The Bertz CT molecular complexity index is 520. The van der Waals surface area contributed by atoms with E-state index in [2.05, 4.69) is 0 Å². The average Bonchev–Trinajstić information content (AvgIpc) is 3.00. The summed E-state index contributed by atoms with van der Waals surface area (Å²) < 4.78 is 27.6. The van der Waals surface area contributed by atoms with Gasteiger partial charge in [-0.3, -0.25) is 4.79 Å². The zero-order chi connectivity index (χ0) is 11.8. The smallest absolute Gasteiger partial charge is 0.238 e. The number of sulfonamides is 1. The normalized spacial score (nSPS) is 15.8. The van der Waals surface area contributed by atoms with Gasteiger partial charge in [0, 0.05) is 0 Å². The third kappa shape index (κ3) is 2.40. The molecule has 0 unspecified atom stereocenters. The van der Waals surface area contributed by atoms with Crippen LogP contribution in [0.15, 0.2) is 23.1 Å². The Hall–Kier alpha value is -1.40. The predicted molar refractivity (Wildman–Crippen MR) is 56.9 cm³/mol. The van der Waals surface area contributed by atoms with Gasteiger partial charge >= 0.3 is 0 Å². The highest BCUT2D eigenvalue weighted by molar-refractivity contribution is 7.89. The highest BCUT2D eigenvalue weighted by Crippen LogP contribution is 2.29. The monoisotopic (exact) mass is 241 g/mol. The van der Waals surface area contributed by atoms with Crippen LogP contribution in [0.25, 0.3) is 0 Å². The quantitative estimate of drug-likeness (QED) is 0.785. The van der Waals surface area contributed by atoms with E-state index in [1.807, 2.05) is 0 Å². The number of primary sulfonamides is 1. The molecule has 0 aromatic heterocycles. The fourth-order valence-electron chi connectivity index (χ4n) is 1.27. The van der Waals surface area contributed by atoms with Crippen molar-refractivity contribution in [1.29, 1.82) is 0 Å². The fraction of sp³-hybridized carbons (Fsp3) is 0.300. The third-order valence-corrected chi connectivity index (χ3v) is 3.17. The first-order chi connectivity index (χ1) is 7.50. The molecule has 0 saturated heterocycles. The summed E-state index contributed by atoms with van der Waals surface area (Å²) >= 11 is 0. The van der Waals surface area contributed by atoms with E-state index in [0.717, 1.165) is 12.8 Å². The van der Waals surface area contributed by atoms with Gasteiger partial charge in [-0.1, -0.05) is 0 Å². The lowest BCUT2D eigenvalue weighted by atomic mass is 10.2. The van der Waals surface area contributed by atoms with E-state index in [0.29, 0.717) is 12.0 Å². The van der Waals surface area contributed by atoms with E-state index in [1.54, 1.807) is 0 Å². The molecule has 6 heteroatoms. The van der Waals surface area contributed by atoms with Crippen molar-refractivity contribution in [2.75, 3.05) is 0 Å². The number of nitrogens with two attached hydrogens (primary N) is 1. The molecular weight excluding hydrogens is 230 g/mol. The van der Waals surface area contributed by atoms with Crippen LogP contribution in [0, 0.1) is 0 Å². The Morgan fingerprint density at radius 3 is 2.56 bits per heavy atom. The minimum absolute atomic E-state index is 0.0854. The van der Waals surface area contributed by atoms with E-state index in [9.17, 15) is 13.2 Å². The Labute approximate surface area is 93.3 Å². The topological polar surface area (TPSA) is 86.5 Å². The molecule has 0 atom stereocenters. The molecule has 1 aliphatic rings. The number of rotatable bonds is 4. The highest BCUT2D eigenvalue weighted by atomic mass is 32.2. The first-order valence-corrected chi connectivity index (χ1v) is 6.34. The molecule has 1 aliphatic carbocycles. The molecule has 1 fully saturated rings. The van der Waals surface area contributed by atoms with Gasteiger partial charge in [-0.25, -0.2) is 13.6 Å². The van der Waals surface area contributed by atoms with Crippen LogP contribution in [-0.2, 0) is 10.0 Å². The van der Waals surface area contributed by atoms with Gasteiger partial charge in [0.2, 0.25) is 10.0 Å². The van der Waals surface area contributed by atoms with E-state index in [-0.39, 0.29) is 16.6 Å². The Morgan fingerprint density at radius 2 is 2.06 bits per heavy atom. The molecule has 0 bridgehead atoms. The molecule has 0 spiro atoms. The van der Waals surface area contributed by atoms with Gasteiger partial charge in [0.05, 0.1) is 16.6 Å². The zero-order valence-corrected chi connectivity index (χ0v) is 9.24. The summed E-state index contributed by atoms with van der Waals surface area (Å²) in [7, 11) is -3.78. The number of benzene rings is 1. The van der Waals surface area contributed by atoms with Crippen LogP contribution in [0.4, 0.5) is 0 Å². The van der Waals surface area contributed by atoms with Gasteiger partial charge in [0.15, 0.2) is 6.29 Å². The number of carbonyl (C=O) groups excluding carboxylic acids is 1. The molecule has 0 amide bonds. The lowest BCUT2D eigenvalue weighted by Crippen LogP contribution is -2.12. The lowest BCUT2D eigenvalue weighted by Gasteiger charge is -2.08. The minimum atomic E-state index is -3.78. The molecule has 86 valence electrons. The van der Waals surface area contributed by atoms with Crippen molar-refractivity contribution in [2.45, 2.75) is 23.8 Å². The van der Waals surface area contributed by atoms with Gasteiger partial charge in [0.1, 0.15) is 5.75 Å². The number of hydrogen-bond donors (Lipinski definition) is 1. The molecule has 1 saturated carbocycles. The van der Waals surface area contributed by atoms with Crippen LogP contribution < -0.4 is 9.88 Å². The molecule has 0 aliphatic heterocycles.